The summed E-state index contributed by atoms with van der Waals surface area (Å²) in [4.78, 5) is 4.27. The lowest BCUT2D eigenvalue weighted by atomic mass is 10.3. The standard InChI is InChI=1S/C7H14N4/c1-4-6-9-7(11-10-6)5(2)8-3/h5,8H,4H2,1-3H3,(H,9,10,11)/t5-/m0/s1. The van der Waals surface area contributed by atoms with E-state index in [-0.39, 0.29) is 6.04 Å². The van der Waals surface area contributed by atoms with Crippen molar-refractivity contribution in [1.82, 2.24) is 20.5 Å². The van der Waals surface area contributed by atoms with Crippen LogP contribution in [0.3, 0.4) is 0 Å². The number of rotatable bonds is 3. The molecule has 0 radical (unpaired) electrons. The third-order valence-electron chi connectivity index (χ3n) is 1.70. The Kier molecular flexibility index (Phi) is 2.59. The van der Waals surface area contributed by atoms with E-state index in [1.54, 1.807) is 0 Å². The highest BCUT2D eigenvalue weighted by molar-refractivity contribution is 4.94. The Morgan fingerprint density at radius 1 is 1.64 bits per heavy atom. The van der Waals surface area contributed by atoms with Gasteiger partial charge in [-0.1, -0.05) is 6.92 Å². The van der Waals surface area contributed by atoms with Crippen molar-refractivity contribution in [2.24, 2.45) is 0 Å². The number of nitrogens with zero attached hydrogens (tertiary/aromatic N) is 2. The molecular weight excluding hydrogens is 140 g/mol. The molecule has 4 nitrogen and oxygen atoms in total. The van der Waals surface area contributed by atoms with E-state index in [1.165, 1.54) is 0 Å². The van der Waals surface area contributed by atoms with Crippen molar-refractivity contribution in [3.63, 3.8) is 0 Å². The molecule has 0 saturated heterocycles. The Balaban J connectivity index is 2.71. The molecule has 2 N–H and O–H groups in total. The van der Waals surface area contributed by atoms with E-state index < -0.39 is 0 Å². The van der Waals surface area contributed by atoms with Gasteiger partial charge in [-0.15, -0.1) is 0 Å². The summed E-state index contributed by atoms with van der Waals surface area (Å²) in [6.07, 6.45) is 0.906. The zero-order chi connectivity index (χ0) is 8.27. The molecule has 0 spiro atoms. The van der Waals surface area contributed by atoms with Gasteiger partial charge in [-0.2, -0.15) is 5.10 Å². The third-order valence-corrected chi connectivity index (χ3v) is 1.70. The molecule has 1 atom stereocenters. The van der Waals surface area contributed by atoms with E-state index in [0.717, 1.165) is 18.1 Å². The third kappa shape index (κ3) is 1.77. The van der Waals surface area contributed by atoms with Crippen molar-refractivity contribution in [3.05, 3.63) is 11.6 Å². The summed E-state index contributed by atoms with van der Waals surface area (Å²) in [6, 6.07) is 0.228. The zero-order valence-electron chi connectivity index (χ0n) is 7.18. The summed E-state index contributed by atoms with van der Waals surface area (Å²) < 4.78 is 0. The highest BCUT2D eigenvalue weighted by Gasteiger charge is 2.07. The maximum absolute atomic E-state index is 4.27. The van der Waals surface area contributed by atoms with Gasteiger partial charge in [0, 0.05) is 6.42 Å². The lowest BCUT2D eigenvalue weighted by Crippen LogP contribution is -2.13. The smallest absolute Gasteiger partial charge is 0.167 e. The molecule has 0 fully saturated rings. The maximum Gasteiger partial charge on any atom is 0.167 e. The van der Waals surface area contributed by atoms with Gasteiger partial charge in [0.1, 0.15) is 5.82 Å². The number of hydrogen-bond donors (Lipinski definition) is 2. The summed E-state index contributed by atoms with van der Waals surface area (Å²) in [5.41, 5.74) is 0. The van der Waals surface area contributed by atoms with Gasteiger partial charge >= 0.3 is 0 Å². The minimum absolute atomic E-state index is 0.228. The monoisotopic (exact) mass is 154 g/mol. The van der Waals surface area contributed by atoms with Gasteiger partial charge in [0.05, 0.1) is 6.04 Å². The topological polar surface area (TPSA) is 53.6 Å². The predicted octanol–water partition coefficient (Wildman–Crippen LogP) is 0.647. The first-order chi connectivity index (χ1) is 5.27. The van der Waals surface area contributed by atoms with E-state index in [1.807, 2.05) is 20.9 Å². The second kappa shape index (κ2) is 3.48. The first-order valence-electron chi connectivity index (χ1n) is 3.86. The fourth-order valence-electron chi connectivity index (χ4n) is 0.791. The SMILES string of the molecule is CCc1nc([C@H](C)NC)n[nH]1. The quantitative estimate of drug-likeness (QED) is 0.672. The van der Waals surface area contributed by atoms with Gasteiger partial charge in [0.15, 0.2) is 5.82 Å². The highest BCUT2D eigenvalue weighted by Crippen LogP contribution is 2.04. The molecule has 11 heavy (non-hydrogen) atoms. The van der Waals surface area contributed by atoms with Crippen LogP contribution in [0, 0.1) is 0 Å². The number of hydrogen-bond acceptors (Lipinski definition) is 3. The lowest BCUT2D eigenvalue weighted by molar-refractivity contribution is 0.613. The fraction of sp³-hybridized carbons (Fsp3) is 0.714. The maximum atomic E-state index is 4.27. The summed E-state index contributed by atoms with van der Waals surface area (Å²) in [6.45, 7) is 4.08. The molecule has 0 bridgehead atoms. The molecular formula is C7H14N4. The zero-order valence-corrected chi connectivity index (χ0v) is 7.18. The second-order valence-corrected chi connectivity index (χ2v) is 2.50. The van der Waals surface area contributed by atoms with Gasteiger partial charge in [0.2, 0.25) is 0 Å². The van der Waals surface area contributed by atoms with Gasteiger partial charge in [0.25, 0.3) is 0 Å². The summed E-state index contributed by atoms with van der Waals surface area (Å²) in [7, 11) is 1.90. The average Bonchev–Trinajstić information content (AvgIpc) is 2.50. The summed E-state index contributed by atoms with van der Waals surface area (Å²) >= 11 is 0. The molecule has 0 aliphatic rings. The molecule has 4 heteroatoms. The van der Waals surface area contributed by atoms with Crippen molar-refractivity contribution in [2.75, 3.05) is 7.05 Å². The van der Waals surface area contributed by atoms with E-state index in [2.05, 4.69) is 20.5 Å². The Bertz CT molecular complexity index is 218. The molecule has 0 aromatic carbocycles. The molecule has 62 valence electrons. The number of aryl methyl sites for hydroxylation is 1. The van der Waals surface area contributed by atoms with E-state index in [4.69, 9.17) is 0 Å². The van der Waals surface area contributed by atoms with Crippen LogP contribution in [0.5, 0.6) is 0 Å². The normalized spacial score (nSPS) is 13.4. The molecule has 0 aliphatic heterocycles. The molecule has 1 aromatic heterocycles. The number of aromatic amines is 1. The van der Waals surface area contributed by atoms with Crippen molar-refractivity contribution < 1.29 is 0 Å². The molecule has 1 heterocycles. The Hall–Kier alpha value is -0.900. The van der Waals surface area contributed by atoms with Gasteiger partial charge in [-0.05, 0) is 14.0 Å². The van der Waals surface area contributed by atoms with Crippen LogP contribution in [-0.4, -0.2) is 22.2 Å². The molecule has 0 saturated carbocycles. The van der Waals surface area contributed by atoms with Crippen LogP contribution in [0.2, 0.25) is 0 Å². The molecule has 0 unspecified atom stereocenters. The highest BCUT2D eigenvalue weighted by atomic mass is 15.2. The van der Waals surface area contributed by atoms with E-state index >= 15 is 0 Å². The van der Waals surface area contributed by atoms with E-state index in [0.29, 0.717) is 0 Å². The lowest BCUT2D eigenvalue weighted by Gasteiger charge is -2.02. The fourth-order valence-corrected chi connectivity index (χ4v) is 0.791. The van der Waals surface area contributed by atoms with Crippen LogP contribution < -0.4 is 5.32 Å². The Morgan fingerprint density at radius 3 is 2.82 bits per heavy atom. The Morgan fingerprint density at radius 2 is 2.36 bits per heavy atom. The first-order valence-corrected chi connectivity index (χ1v) is 3.86. The van der Waals surface area contributed by atoms with Gasteiger partial charge < -0.3 is 5.32 Å². The number of H-pyrrole nitrogens is 1. The van der Waals surface area contributed by atoms with Gasteiger partial charge in [-0.25, -0.2) is 4.98 Å². The Labute approximate surface area is 66.4 Å². The van der Waals surface area contributed by atoms with Crippen LogP contribution in [0.25, 0.3) is 0 Å². The first kappa shape index (κ1) is 8.20. The molecule has 0 amide bonds. The summed E-state index contributed by atoms with van der Waals surface area (Å²) in [5.74, 6) is 1.78. The molecule has 1 rings (SSSR count). The minimum Gasteiger partial charge on any atom is -0.311 e. The summed E-state index contributed by atoms with van der Waals surface area (Å²) in [5, 5.41) is 10.0. The van der Waals surface area contributed by atoms with Crippen LogP contribution >= 0.6 is 0 Å². The number of nitrogens with one attached hydrogen (secondary N) is 2. The van der Waals surface area contributed by atoms with Crippen LogP contribution in [0.4, 0.5) is 0 Å². The van der Waals surface area contributed by atoms with Crippen LogP contribution in [-0.2, 0) is 6.42 Å². The minimum atomic E-state index is 0.228. The number of aromatic nitrogens is 3. The average molecular weight is 154 g/mol. The molecule has 0 aliphatic carbocycles. The van der Waals surface area contributed by atoms with Crippen molar-refractivity contribution in [3.8, 4) is 0 Å². The second-order valence-electron chi connectivity index (χ2n) is 2.50. The van der Waals surface area contributed by atoms with Gasteiger partial charge in [-0.3, -0.25) is 5.10 Å². The van der Waals surface area contributed by atoms with E-state index in [9.17, 15) is 0 Å². The van der Waals surface area contributed by atoms with Crippen molar-refractivity contribution in [2.45, 2.75) is 26.3 Å². The van der Waals surface area contributed by atoms with Crippen molar-refractivity contribution in [1.29, 1.82) is 0 Å². The van der Waals surface area contributed by atoms with Crippen molar-refractivity contribution >= 4 is 0 Å². The largest absolute Gasteiger partial charge is 0.311 e. The van der Waals surface area contributed by atoms with Crippen LogP contribution in [0.1, 0.15) is 31.5 Å². The van der Waals surface area contributed by atoms with Crippen LogP contribution in [0.15, 0.2) is 0 Å². The predicted molar refractivity (Wildman–Crippen MR) is 43.2 cm³/mol. The molecule has 1 aromatic rings.